The van der Waals surface area contributed by atoms with Crippen LogP contribution in [0.1, 0.15) is 63.8 Å². The molecule has 0 saturated carbocycles. The minimum atomic E-state index is -0.976. The minimum Gasteiger partial charge on any atom is -0.488 e. The first-order valence-corrected chi connectivity index (χ1v) is 32.8. The number of hydrogen-bond acceptors (Lipinski definition) is 2. The van der Waals surface area contributed by atoms with Crippen molar-refractivity contribution in [1.29, 1.82) is 0 Å². The lowest BCUT2D eigenvalue weighted by atomic mass is 9.67. The normalized spacial score (nSPS) is 13.0. The fraction of sp³-hybridized carbons (Fsp3) is 0.111. The summed E-state index contributed by atoms with van der Waals surface area (Å²) < 4.78 is 17.6. The van der Waals surface area contributed by atoms with Crippen molar-refractivity contribution in [2.45, 2.75) is 58.2 Å². The molecule has 4 nitrogen and oxygen atoms in total. The average Bonchev–Trinajstić information content (AvgIpc) is 1.57. The Kier molecular flexibility index (Phi) is 13.5. The zero-order valence-electron chi connectivity index (χ0n) is 49.8. The maximum Gasteiger partial charge on any atom is 0.120 e. The maximum atomic E-state index is 6.36. The number of ether oxygens (including phenoxy) is 2. The van der Waals surface area contributed by atoms with Gasteiger partial charge in [0.25, 0.3) is 0 Å². The van der Waals surface area contributed by atoms with Gasteiger partial charge in [-0.1, -0.05) is 194 Å². The van der Waals surface area contributed by atoms with E-state index in [1.807, 2.05) is 0 Å². The van der Waals surface area contributed by atoms with Crippen molar-refractivity contribution < 1.29 is 9.47 Å². The molecular weight excluding hydrogens is 1090 g/mol. The van der Waals surface area contributed by atoms with Crippen molar-refractivity contribution in [2.24, 2.45) is 0 Å². The molecule has 14 aromatic rings. The van der Waals surface area contributed by atoms with E-state index in [2.05, 4.69) is 342 Å². The summed E-state index contributed by atoms with van der Waals surface area (Å²) in [5.74, 6) is 1.70. The smallest absolute Gasteiger partial charge is 0.120 e. The van der Waals surface area contributed by atoms with Gasteiger partial charge in [0.1, 0.15) is 22.7 Å². The van der Waals surface area contributed by atoms with Gasteiger partial charge in [0, 0.05) is 32.9 Å². The largest absolute Gasteiger partial charge is 0.488 e. The molecule has 2 aromatic heterocycles. The van der Waals surface area contributed by atoms with E-state index >= 15 is 0 Å². The first kappa shape index (κ1) is 54.4. The highest BCUT2D eigenvalue weighted by Crippen LogP contribution is 2.58. The third-order valence-electron chi connectivity index (χ3n) is 16.9. The Morgan fingerprint density at radius 2 is 0.609 bits per heavy atom. The Bertz CT molecular complexity index is 4480. The van der Waals surface area contributed by atoms with Crippen LogP contribution in [0, 0.1) is 0 Å². The van der Waals surface area contributed by atoms with Gasteiger partial charge in [-0.05, 0) is 220 Å². The Hall–Kier alpha value is -9.30. The monoisotopic (exact) mass is 1160 g/mol. The highest BCUT2D eigenvalue weighted by atomic mass is 31.1. The van der Waals surface area contributed by atoms with Crippen molar-refractivity contribution in [3.63, 3.8) is 0 Å². The van der Waals surface area contributed by atoms with Gasteiger partial charge in [0.2, 0.25) is 0 Å². The predicted molar refractivity (Wildman–Crippen MR) is 371 cm³/mol. The molecular formula is C81H66N2O2P2. The SMILES string of the molecule is CC(C)(C)Oc1ccc(-n2c3ccccc3c3cc(C4(c5ccc6c(c5)c5ccccc5n6-c5ccc(OC(C)(C)C)cc5)c5cc(P(c6ccccc6)c6ccccc6)ccc5-c5ccc(P(c6ccccc6)c6ccccc6)cc54)ccc32)cc1. The molecule has 15 rings (SSSR count). The molecule has 0 aliphatic heterocycles. The first-order valence-electron chi connectivity index (χ1n) is 30.1. The van der Waals surface area contributed by atoms with Crippen LogP contribution in [0.2, 0.25) is 0 Å². The van der Waals surface area contributed by atoms with E-state index in [-0.39, 0.29) is 11.2 Å². The van der Waals surface area contributed by atoms with Gasteiger partial charge >= 0.3 is 0 Å². The minimum absolute atomic E-state index is 0.314. The van der Waals surface area contributed by atoms with Crippen LogP contribution in [0.4, 0.5) is 0 Å². The van der Waals surface area contributed by atoms with E-state index in [9.17, 15) is 0 Å². The van der Waals surface area contributed by atoms with Crippen LogP contribution in [-0.4, -0.2) is 20.3 Å². The number of aromatic nitrogens is 2. The molecule has 0 spiro atoms. The second-order valence-electron chi connectivity index (χ2n) is 24.8. The van der Waals surface area contributed by atoms with Crippen LogP contribution in [0.5, 0.6) is 11.5 Å². The molecule has 0 unspecified atom stereocenters. The third kappa shape index (κ3) is 9.64. The van der Waals surface area contributed by atoms with E-state index in [1.54, 1.807) is 0 Å². The van der Waals surface area contributed by atoms with Gasteiger partial charge in [-0.2, -0.15) is 0 Å². The number of para-hydroxylation sites is 2. The predicted octanol–water partition coefficient (Wildman–Crippen LogP) is 18.1. The summed E-state index contributed by atoms with van der Waals surface area (Å²) in [5.41, 5.74) is 12.8. The highest BCUT2D eigenvalue weighted by molar-refractivity contribution is 7.80. The molecule has 0 bridgehead atoms. The second kappa shape index (κ2) is 21.6. The van der Waals surface area contributed by atoms with Gasteiger partial charge in [0.15, 0.2) is 0 Å². The van der Waals surface area contributed by atoms with Crippen molar-refractivity contribution >= 4 is 91.3 Å². The topological polar surface area (TPSA) is 28.3 Å². The summed E-state index contributed by atoms with van der Waals surface area (Å²) in [6.07, 6.45) is 0. The summed E-state index contributed by atoms with van der Waals surface area (Å²) in [6, 6.07) is 110. The summed E-state index contributed by atoms with van der Waals surface area (Å²) in [4.78, 5) is 0. The molecule has 12 aromatic carbocycles. The fourth-order valence-electron chi connectivity index (χ4n) is 13.6. The molecule has 0 amide bonds. The summed E-state index contributed by atoms with van der Waals surface area (Å²) in [7, 11) is -1.95. The molecule has 0 fully saturated rings. The molecule has 2 heterocycles. The number of benzene rings is 12. The number of rotatable bonds is 12. The number of fused-ring (bicyclic) bond motifs is 9. The van der Waals surface area contributed by atoms with Gasteiger partial charge in [-0.3, -0.25) is 0 Å². The molecule has 0 saturated heterocycles. The van der Waals surface area contributed by atoms with Crippen molar-refractivity contribution in [3.8, 4) is 34.0 Å². The lowest BCUT2D eigenvalue weighted by molar-refractivity contribution is 0.130. The molecule has 1 aliphatic rings. The van der Waals surface area contributed by atoms with E-state index in [1.165, 1.54) is 86.8 Å². The zero-order valence-corrected chi connectivity index (χ0v) is 51.6. The van der Waals surface area contributed by atoms with E-state index in [0.717, 1.165) is 44.9 Å². The van der Waals surface area contributed by atoms with Gasteiger partial charge in [0.05, 0.1) is 27.5 Å². The highest BCUT2D eigenvalue weighted by Gasteiger charge is 2.48. The third-order valence-corrected chi connectivity index (χ3v) is 21.8. The Labute approximate surface area is 512 Å². The maximum absolute atomic E-state index is 6.36. The molecule has 87 heavy (non-hydrogen) atoms. The second-order valence-corrected chi connectivity index (χ2v) is 29.2. The number of hydrogen-bond donors (Lipinski definition) is 0. The van der Waals surface area contributed by atoms with Crippen LogP contribution >= 0.6 is 15.8 Å². The van der Waals surface area contributed by atoms with Crippen LogP contribution in [0.3, 0.4) is 0 Å². The molecule has 0 N–H and O–H groups in total. The van der Waals surface area contributed by atoms with Gasteiger partial charge < -0.3 is 18.6 Å². The summed E-state index contributed by atoms with van der Waals surface area (Å²) in [5, 5.41) is 12.7. The molecule has 1 aliphatic carbocycles. The van der Waals surface area contributed by atoms with E-state index in [4.69, 9.17) is 9.47 Å². The quantitative estimate of drug-likeness (QED) is 0.114. The average molecular weight is 1160 g/mol. The zero-order chi connectivity index (χ0) is 59.0. The van der Waals surface area contributed by atoms with E-state index < -0.39 is 21.3 Å². The van der Waals surface area contributed by atoms with Crippen molar-refractivity contribution in [3.05, 3.63) is 313 Å². The molecule has 0 atom stereocenters. The van der Waals surface area contributed by atoms with E-state index in [0.29, 0.717) is 0 Å². The lowest BCUT2D eigenvalue weighted by Crippen LogP contribution is -2.31. The Morgan fingerprint density at radius 3 is 0.954 bits per heavy atom. The standard InChI is InChI=1S/C81H66N2O2P2/c1-79(2,3)84-59-41-37-57(38-42-59)82-75-33-21-19-31-69(75)71-51-55(35-49-77(71)82)81(56-36-50-78-72(52-56)70-32-20-22-34-76(70)83(78)58-39-43-60(44-40-58)85-80(4,5)6)73-53-65(86(61-23-11-7-12-24-61)62-25-13-8-14-26-62)45-47-67(73)68-48-46-66(54-74(68)81)87(63-27-15-9-16-28-63)64-29-17-10-18-30-64/h7-54H,1-6H3. The Morgan fingerprint density at radius 1 is 0.287 bits per heavy atom. The Balaban J connectivity index is 1.05. The van der Waals surface area contributed by atoms with Crippen LogP contribution in [0.15, 0.2) is 291 Å². The number of nitrogens with zero attached hydrogens (tertiary/aromatic N) is 2. The van der Waals surface area contributed by atoms with Crippen molar-refractivity contribution in [2.75, 3.05) is 0 Å². The van der Waals surface area contributed by atoms with Gasteiger partial charge in [-0.15, -0.1) is 0 Å². The van der Waals surface area contributed by atoms with Crippen LogP contribution in [-0.2, 0) is 5.41 Å². The molecule has 0 radical (unpaired) electrons. The van der Waals surface area contributed by atoms with Crippen LogP contribution < -0.4 is 41.3 Å². The van der Waals surface area contributed by atoms with Crippen molar-refractivity contribution in [1.82, 2.24) is 9.13 Å². The van der Waals surface area contributed by atoms with Crippen LogP contribution in [0.25, 0.3) is 66.1 Å². The summed E-state index contributed by atoms with van der Waals surface area (Å²) >= 11 is 0. The molecule has 6 heteroatoms. The van der Waals surface area contributed by atoms with Gasteiger partial charge in [-0.25, -0.2) is 0 Å². The summed E-state index contributed by atoms with van der Waals surface area (Å²) in [6.45, 7) is 12.6. The fourth-order valence-corrected chi connectivity index (χ4v) is 18.2. The molecule has 422 valence electrons. The lowest BCUT2D eigenvalue weighted by Gasteiger charge is -2.35. The first-order chi connectivity index (χ1) is 42.4.